The van der Waals surface area contributed by atoms with E-state index < -0.39 is 6.03 Å². The van der Waals surface area contributed by atoms with Crippen molar-refractivity contribution in [2.45, 2.75) is 39.5 Å². The highest BCUT2D eigenvalue weighted by atomic mass is 16.2. The van der Waals surface area contributed by atoms with Gasteiger partial charge in [0.2, 0.25) is 5.91 Å². The van der Waals surface area contributed by atoms with Crippen LogP contribution in [0, 0.1) is 12.8 Å². The van der Waals surface area contributed by atoms with Gasteiger partial charge < -0.3 is 14.7 Å². The molecule has 0 bridgehead atoms. The molecule has 8 heteroatoms. The number of piperazine rings is 1. The Hall–Kier alpha value is -2.45. The summed E-state index contributed by atoms with van der Waals surface area (Å²) in [6.45, 7) is 13.0. The molecule has 1 aromatic carbocycles. The van der Waals surface area contributed by atoms with Crippen LogP contribution in [0.4, 0.5) is 10.5 Å². The van der Waals surface area contributed by atoms with E-state index in [1.807, 2.05) is 24.0 Å². The number of hydrogen-bond acceptors (Lipinski definition) is 5. The smallest absolute Gasteiger partial charge is 0.328 e. The second-order valence-electron chi connectivity index (χ2n) is 9.63. The summed E-state index contributed by atoms with van der Waals surface area (Å²) in [6.07, 6.45) is 3.57. The molecule has 0 spiro atoms. The number of piperidine rings is 1. The molecule has 8 nitrogen and oxygen atoms in total. The number of likely N-dealkylation sites (tertiary alicyclic amines) is 1. The van der Waals surface area contributed by atoms with E-state index in [9.17, 15) is 14.4 Å². The molecule has 1 aromatic rings. The quantitative estimate of drug-likeness (QED) is 0.713. The molecule has 4 rings (SSSR count). The van der Waals surface area contributed by atoms with Crippen molar-refractivity contribution in [1.82, 2.24) is 20.0 Å². The molecule has 3 saturated heterocycles. The monoisotopic (exact) mass is 455 g/mol. The Morgan fingerprint density at radius 2 is 1.70 bits per heavy atom. The van der Waals surface area contributed by atoms with Crippen molar-refractivity contribution in [3.8, 4) is 0 Å². The van der Waals surface area contributed by atoms with Gasteiger partial charge in [-0.2, -0.15) is 0 Å². The standard InChI is InChI=1S/C25H37N5O3/c1-3-9-27-13-15-28(16-14-27)18-20-6-10-29(11-7-20)24(32)21-5-4-19(2)22(17-21)30-12-8-23(31)26-25(30)33/h4-5,17,20H,3,6-16,18H2,1-2H3,(H,26,31,33). The van der Waals surface area contributed by atoms with Gasteiger partial charge in [-0.3, -0.25) is 19.8 Å². The molecule has 33 heavy (non-hydrogen) atoms. The van der Waals surface area contributed by atoms with Gasteiger partial charge in [-0.15, -0.1) is 0 Å². The molecule has 0 atom stereocenters. The Bertz CT molecular complexity index is 873. The average Bonchev–Trinajstić information content (AvgIpc) is 2.81. The van der Waals surface area contributed by atoms with Crippen molar-refractivity contribution in [2.75, 3.05) is 63.8 Å². The third kappa shape index (κ3) is 5.73. The molecule has 3 aliphatic heterocycles. The first kappa shape index (κ1) is 23.7. The summed E-state index contributed by atoms with van der Waals surface area (Å²) in [5, 5.41) is 2.36. The molecule has 0 radical (unpaired) electrons. The summed E-state index contributed by atoms with van der Waals surface area (Å²) in [5.41, 5.74) is 2.21. The lowest BCUT2D eigenvalue weighted by atomic mass is 9.95. The van der Waals surface area contributed by atoms with E-state index in [1.54, 1.807) is 11.0 Å². The first-order chi connectivity index (χ1) is 15.9. The first-order valence-corrected chi connectivity index (χ1v) is 12.4. The summed E-state index contributed by atoms with van der Waals surface area (Å²) in [5.74, 6) is 0.415. The summed E-state index contributed by atoms with van der Waals surface area (Å²) in [7, 11) is 0. The fourth-order valence-electron chi connectivity index (χ4n) is 5.21. The van der Waals surface area contributed by atoms with E-state index in [0.717, 1.165) is 51.1 Å². The van der Waals surface area contributed by atoms with E-state index in [4.69, 9.17) is 0 Å². The minimum Gasteiger partial charge on any atom is -0.339 e. The van der Waals surface area contributed by atoms with Crippen LogP contribution < -0.4 is 10.2 Å². The highest BCUT2D eigenvalue weighted by Crippen LogP contribution is 2.26. The molecule has 0 saturated carbocycles. The number of hydrogen-bond donors (Lipinski definition) is 1. The molecule has 3 heterocycles. The van der Waals surface area contributed by atoms with Crippen LogP contribution >= 0.6 is 0 Å². The van der Waals surface area contributed by atoms with Gasteiger partial charge in [-0.1, -0.05) is 13.0 Å². The largest absolute Gasteiger partial charge is 0.339 e. The predicted octanol–water partition coefficient (Wildman–Crippen LogP) is 2.32. The van der Waals surface area contributed by atoms with Gasteiger partial charge in [0.15, 0.2) is 0 Å². The Balaban J connectivity index is 1.31. The van der Waals surface area contributed by atoms with Crippen LogP contribution in [0.2, 0.25) is 0 Å². The van der Waals surface area contributed by atoms with Crippen LogP contribution in [0.5, 0.6) is 0 Å². The molecule has 4 amide bonds. The fraction of sp³-hybridized carbons (Fsp3) is 0.640. The van der Waals surface area contributed by atoms with Crippen molar-refractivity contribution in [3.05, 3.63) is 29.3 Å². The second kappa shape index (κ2) is 10.7. The number of nitrogens with one attached hydrogen (secondary N) is 1. The van der Waals surface area contributed by atoms with Crippen molar-refractivity contribution >= 4 is 23.5 Å². The number of rotatable bonds is 6. The third-order valence-corrected chi connectivity index (χ3v) is 7.22. The molecular weight excluding hydrogens is 418 g/mol. The SMILES string of the molecule is CCCN1CCN(CC2CCN(C(=O)c3ccc(C)c(N4CCC(=O)NC4=O)c3)CC2)CC1. The number of anilines is 1. The lowest BCUT2D eigenvalue weighted by Crippen LogP contribution is -2.50. The highest BCUT2D eigenvalue weighted by Gasteiger charge is 2.29. The average molecular weight is 456 g/mol. The van der Waals surface area contributed by atoms with Crippen LogP contribution in [-0.4, -0.2) is 91.4 Å². The van der Waals surface area contributed by atoms with Crippen molar-refractivity contribution in [2.24, 2.45) is 5.92 Å². The predicted molar refractivity (Wildman–Crippen MR) is 128 cm³/mol. The number of amides is 4. The third-order valence-electron chi connectivity index (χ3n) is 7.22. The van der Waals surface area contributed by atoms with E-state index in [0.29, 0.717) is 23.7 Å². The summed E-state index contributed by atoms with van der Waals surface area (Å²) in [6, 6.07) is 5.11. The number of imide groups is 1. The van der Waals surface area contributed by atoms with Crippen LogP contribution in [-0.2, 0) is 4.79 Å². The van der Waals surface area contributed by atoms with Gasteiger partial charge in [0.05, 0.1) is 0 Å². The number of nitrogens with zero attached hydrogens (tertiary/aromatic N) is 4. The van der Waals surface area contributed by atoms with Gasteiger partial charge in [0.25, 0.3) is 5.91 Å². The van der Waals surface area contributed by atoms with Crippen LogP contribution in [0.15, 0.2) is 18.2 Å². The number of carbonyl (C=O) groups is 3. The zero-order chi connectivity index (χ0) is 23.4. The highest BCUT2D eigenvalue weighted by molar-refractivity contribution is 6.06. The lowest BCUT2D eigenvalue weighted by Gasteiger charge is -2.39. The summed E-state index contributed by atoms with van der Waals surface area (Å²) in [4.78, 5) is 45.6. The van der Waals surface area contributed by atoms with Crippen molar-refractivity contribution in [1.29, 1.82) is 0 Å². The zero-order valence-corrected chi connectivity index (χ0v) is 20.0. The minimum atomic E-state index is -0.421. The van der Waals surface area contributed by atoms with Crippen molar-refractivity contribution < 1.29 is 14.4 Å². The van der Waals surface area contributed by atoms with E-state index in [-0.39, 0.29) is 18.2 Å². The molecule has 3 fully saturated rings. The maximum absolute atomic E-state index is 13.2. The minimum absolute atomic E-state index is 0.0244. The van der Waals surface area contributed by atoms with E-state index in [1.165, 1.54) is 26.1 Å². The van der Waals surface area contributed by atoms with E-state index >= 15 is 0 Å². The Morgan fingerprint density at radius 3 is 2.36 bits per heavy atom. The normalized spacial score (nSPS) is 21.4. The molecule has 0 aromatic heterocycles. The van der Waals surface area contributed by atoms with Crippen LogP contribution in [0.3, 0.4) is 0 Å². The second-order valence-corrected chi connectivity index (χ2v) is 9.63. The molecule has 0 aliphatic carbocycles. The van der Waals surface area contributed by atoms with E-state index in [2.05, 4.69) is 22.0 Å². The lowest BCUT2D eigenvalue weighted by molar-refractivity contribution is -0.120. The molecular formula is C25H37N5O3. The van der Waals surface area contributed by atoms with Gasteiger partial charge in [-0.05, 0) is 56.3 Å². The number of benzene rings is 1. The summed E-state index contributed by atoms with van der Waals surface area (Å²) < 4.78 is 0. The van der Waals surface area contributed by atoms with Gasteiger partial charge >= 0.3 is 6.03 Å². The zero-order valence-electron chi connectivity index (χ0n) is 20.0. The van der Waals surface area contributed by atoms with Crippen LogP contribution in [0.25, 0.3) is 0 Å². The first-order valence-electron chi connectivity index (χ1n) is 12.4. The van der Waals surface area contributed by atoms with Gasteiger partial charge in [0.1, 0.15) is 0 Å². The maximum Gasteiger partial charge on any atom is 0.328 e. The summed E-state index contributed by atoms with van der Waals surface area (Å²) >= 11 is 0. The molecule has 0 unspecified atom stereocenters. The Labute approximate surface area is 196 Å². The molecule has 1 N–H and O–H groups in total. The van der Waals surface area contributed by atoms with Gasteiger partial charge in [-0.25, -0.2) is 4.79 Å². The number of urea groups is 1. The molecule has 180 valence electrons. The van der Waals surface area contributed by atoms with Gasteiger partial charge in [0, 0.05) is 70.0 Å². The fourth-order valence-corrected chi connectivity index (χ4v) is 5.21. The number of carbonyl (C=O) groups excluding carboxylic acids is 3. The topological polar surface area (TPSA) is 76.2 Å². The Kier molecular flexibility index (Phi) is 7.65. The van der Waals surface area contributed by atoms with Crippen molar-refractivity contribution in [3.63, 3.8) is 0 Å². The molecule has 3 aliphatic rings. The Morgan fingerprint density at radius 1 is 1.00 bits per heavy atom. The number of aryl methyl sites for hydroxylation is 1. The maximum atomic E-state index is 13.2. The van der Waals surface area contributed by atoms with Crippen LogP contribution in [0.1, 0.15) is 48.5 Å².